The number of benzene rings is 1. The third-order valence-corrected chi connectivity index (χ3v) is 2.40. The molecule has 98 valence electrons. The number of nitrogens with two attached hydrogens (primary N) is 1. The summed E-state index contributed by atoms with van der Waals surface area (Å²) in [6.07, 6.45) is 4.42. The van der Waals surface area contributed by atoms with Crippen LogP contribution < -0.4 is 15.8 Å². The molecule has 2 rings (SSSR count). The van der Waals surface area contributed by atoms with Gasteiger partial charge in [-0.3, -0.25) is 4.79 Å². The van der Waals surface area contributed by atoms with E-state index in [0.717, 1.165) is 5.56 Å². The normalized spacial score (nSPS) is 9.95. The molecule has 0 spiro atoms. The number of amides is 1. The molecule has 0 aliphatic heterocycles. The van der Waals surface area contributed by atoms with Crippen molar-refractivity contribution in [1.29, 1.82) is 0 Å². The highest BCUT2D eigenvalue weighted by Crippen LogP contribution is 2.16. The number of nitrogens with one attached hydrogen (secondary N) is 1. The summed E-state index contributed by atoms with van der Waals surface area (Å²) in [5.74, 6) is 0.339. The molecule has 2 aromatic rings. The summed E-state index contributed by atoms with van der Waals surface area (Å²) >= 11 is 0. The van der Waals surface area contributed by atoms with Crippen LogP contribution >= 0.6 is 0 Å². The summed E-state index contributed by atoms with van der Waals surface area (Å²) in [7, 11) is 0. The van der Waals surface area contributed by atoms with Gasteiger partial charge in [-0.2, -0.15) is 0 Å². The number of para-hydroxylation sites is 1. The number of carbonyl (C=O) groups excluding carboxylic acids is 1. The number of rotatable bonds is 5. The van der Waals surface area contributed by atoms with Gasteiger partial charge in [0.15, 0.2) is 6.61 Å². The molecule has 0 saturated carbocycles. The minimum absolute atomic E-state index is 0.0914. The van der Waals surface area contributed by atoms with Crippen molar-refractivity contribution in [2.45, 2.75) is 6.54 Å². The molecule has 0 unspecified atom stereocenters. The summed E-state index contributed by atoms with van der Waals surface area (Å²) in [5, 5.41) is 2.63. The molecule has 6 heteroatoms. The zero-order chi connectivity index (χ0) is 13.5. The Morgan fingerprint density at radius 1 is 1.26 bits per heavy atom. The van der Waals surface area contributed by atoms with Crippen LogP contribution in [0.1, 0.15) is 5.56 Å². The van der Waals surface area contributed by atoms with E-state index in [4.69, 9.17) is 10.5 Å². The zero-order valence-corrected chi connectivity index (χ0v) is 10.2. The second-order valence-corrected chi connectivity index (χ2v) is 3.78. The molecule has 0 aliphatic carbocycles. The fourth-order valence-electron chi connectivity index (χ4n) is 1.52. The Labute approximate surface area is 110 Å². The second kappa shape index (κ2) is 6.46. The van der Waals surface area contributed by atoms with Crippen LogP contribution in [-0.2, 0) is 11.3 Å². The van der Waals surface area contributed by atoms with E-state index in [2.05, 4.69) is 15.3 Å². The average molecular weight is 258 g/mol. The van der Waals surface area contributed by atoms with Crippen LogP contribution in [-0.4, -0.2) is 22.5 Å². The monoisotopic (exact) mass is 258 g/mol. The summed E-state index contributed by atoms with van der Waals surface area (Å²) in [5.41, 5.74) is 6.97. The van der Waals surface area contributed by atoms with Crippen LogP contribution in [0.5, 0.6) is 5.75 Å². The number of hydrogen-bond acceptors (Lipinski definition) is 5. The molecule has 1 amide bonds. The lowest BCUT2D eigenvalue weighted by atomic mass is 10.2. The molecule has 0 atom stereocenters. The van der Waals surface area contributed by atoms with Gasteiger partial charge in [-0.05, 0) is 6.07 Å². The Morgan fingerprint density at radius 2 is 2.00 bits per heavy atom. The van der Waals surface area contributed by atoms with Gasteiger partial charge in [0.05, 0.1) is 18.1 Å². The molecule has 0 fully saturated rings. The van der Waals surface area contributed by atoms with Crippen molar-refractivity contribution in [2.75, 3.05) is 11.9 Å². The van der Waals surface area contributed by atoms with Gasteiger partial charge in [0, 0.05) is 12.1 Å². The number of ether oxygens (including phenoxy) is 1. The van der Waals surface area contributed by atoms with E-state index in [1.807, 2.05) is 18.2 Å². The molecular formula is C13H14N4O2. The number of carbonyl (C=O) groups is 1. The fraction of sp³-hybridized carbons (Fsp3) is 0.154. The maximum absolute atomic E-state index is 11.7. The van der Waals surface area contributed by atoms with Crippen molar-refractivity contribution in [3.8, 4) is 5.75 Å². The zero-order valence-electron chi connectivity index (χ0n) is 10.2. The molecule has 19 heavy (non-hydrogen) atoms. The maximum Gasteiger partial charge on any atom is 0.262 e. The SMILES string of the molecule is NCc1ccccc1OCC(=O)Nc1cncnc1. The van der Waals surface area contributed by atoms with Gasteiger partial charge in [-0.25, -0.2) is 9.97 Å². The second-order valence-electron chi connectivity index (χ2n) is 3.78. The first-order valence-corrected chi connectivity index (χ1v) is 5.75. The Hall–Kier alpha value is -2.47. The van der Waals surface area contributed by atoms with Crippen LogP contribution in [0.4, 0.5) is 5.69 Å². The first kappa shape index (κ1) is 13.0. The first-order chi connectivity index (χ1) is 9.29. The van der Waals surface area contributed by atoms with Gasteiger partial charge in [-0.15, -0.1) is 0 Å². The molecule has 1 aromatic heterocycles. The van der Waals surface area contributed by atoms with Crippen LogP contribution in [0.2, 0.25) is 0 Å². The maximum atomic E-state index is 11.7. The first-order valence-electron chi connectivity index (χ1n) is 5.75. The van der Waals surface area contributed by atoms with E-state index >= 15 is 0 Å². The van der Waals surface area contributed by atoms with E-state index in [0.29, 0.717) is 18.0 Å². The molecule has 6 nitrogen and oxygen atoms in total. The molecule has 0 aliphatic rings. The van der Waals surface area contributed by atoms with Crippen molar-refractivity contribution < 1.29 is 9.53 Å². The highest BCUT2D eigenvalue weighted by atomic mass is 16.5. The van der Waals surface area contributed by atoms with Crippen LogP contribution in [0, 0.1) is 0 Å². The minimum atomic E-state index is -0.276. The summed E-state index contributed by atoms with van der Waals surface area (Å²) in [4.78, 5) is 19.3. The van der Waals surface area contributed by atoms with E-state index in [1.165, 1.54) is 18.7 Å². The van der Waals surface area contributed by atoms with Crippen molar-refractivity contribution >= 4 is 11.6 Å². The largest absolute Gasteiger partial charge is 0.483 e. The van der Waals surface area contributed by atoms with E-state index < -0.39 is 0 Å². The van der Waals surface area contributed by atoms with Crippen molar-refractivity contribution in [1.82, 2.24) is 9.97 Å². The van der Waals surface area contributed by atoms with Gasteiger partial charge in [0.25, 0.3) is 5.91 Å². The fourth-order valence-corrected chi connectivity index (χ4v) is 1.52. The molecule has 0 saturated heterocycles. The molecule has 1 heterocycles. The smallest absolute Gasteiger partial charge is 0.262 e. The summed E-state index contributed by atoms with van der Waals surface area (Å²) in [6.45, 7) is 0.274. The Balaban J connectivity index is 1.90. The van der Waals surface area contributed by atoms with Crippen LogP contribution in [0.3, 0.4) is 0 Å². The number of nitrogens with zero attached hydrogens (tertiary/aromatic N) is 2. The molecule has 3 N–H and O–H groups in total. The summed E-state index contributed by atoms with van der Waals surface area (Å²) in [6, 6.07) is 7.34. The van der Waals surface area contributed by atoms with Gasteiger partial charge in [0.1, 0.15) is 12.1 Å². The third kappa shape index (κ3) is 3.75. The molecule has 0 bridgehead atoms. The summed E-state index contributed by atoms with van der Waals surface area (Å²) < 4.78 is 5.43. The van der Waals surface area contributed by atoms with Gasteiger partial charge in [0.2, 0.25) is 0 Å². The van der Waals surface area contributed by atoms with E-state index in [1.54, 1.807) is 6.07 Å². The predicted octanol–water partition coefficient (Wildman–Crippen LogP) is 0.953. The third-order valence-electron chi connectivity index (χ3n) is 2.40. The Bertz CT molecular complexity index is 545. The van der Waals surface area contributed by atoms with Gasteiger partial charge in [-0.1, -0.05) is 18.2 Å². The minimum Gasteiger partial charge on any atom is -0.483 e. The number of anilines is 1. The number of hydrogen-bond donors (Lipinski definition) is 2. The standard InChI is InChI=1S/C13H14N4O2/c14-5-10-3-1-2-4-12(10)19-8-13(18)17-11-6-15-9-16-7-11/h1-4,6-7,9H,5,8,14H2,(H,17,18). The predicted molar refractivity (Wildman–Crippen MR) is 70.5 cm³/mol. The molecular weight excluding hydrogens is 244 g/mol. The van der Waals surface area contributed by atoms with E-state index in [9.17, 15) is 4.79 Å². The lowest BCUT2D eigenvalue weighted by Crippen LogP contribution is -2.20. The highest BCUT2D eigenvalue weighted by Gasteiger charge is 2.06. The van der Waals surface area contributed by atoms with Crippen LogP contribution in [0.25, 0.3) is 0 Å². The highest BCUT2D eigenvalue weighted by molar-refractivity contribution is 5.91. The van der Waals surface area contributed by atoms with Crippen molar-refractivity contribution in [2.24, 2.45) is 5.73 Å². The van der Waals surface area contributed by atoms with Crippen molar-refractivity contribution in [3.63, 3.8) is 0 Å². The number of aromatic nitrogens is 2. The van der Waals surface area contributed by atoms with Crippen LogP contribution in [0.15, 0.2) is 43.0 Å². The quantitative estimate of drug-likeness (QED) is 0.833. The Morgan fingerprint density at radius 3 is 2.74 bits per heavy atom. The lowest BCUT2D eigenvalue weighted by molar-refractivity contribution is -0.118. The van der Waals surface area contributed by atoms with Crippen molar-refractivity contribution in [3.05, 3.63) is 48.5 Å². The average Bonchev–Trinajstić information content (AvgIpc) is 2.46. The Kier molecular flexibility index (Phi) is 4.41. The topological polar surface area (TPSA) is 90.1 Å². The molecule has 0 radical (unpaired) electrons. The lowest BCUT2D eigenvalue weighted by Gasteiger charge is -2.10. The van der Waals surface area contributed by atoms with Gasteiger partial charge >= 0.3 is 0 Å². The van der Waals surface area contributed by atoms with Gasteiger partial charge < -0.3 is 15.8 Å². The van der Waals surface area contributed by atoms with E-state index in [-0.39, 0.29) is 12.5 Å². The molecule has 1 aromatic carbocycles.